The zero-order valence-electron chi connectivity index (χ0n) is 33.2. The Bertz CT molecular complexity index is 1140. The molecule has 0 fully saturated rings. The fourth-order valence-corrected chi connectivity index (χ4v) is 4.32. The predicted octanol–water partition coefficient (Wildman–Crippen LogP) is -22.2. The van der Waals surface area contributed by atoms with Crippen LogP contribution in [0.1, 0.15) is 0 Å². The van der Waals surface area contributed by atoms with Crippen molar-refractivity contribution in [3.63, 3.8) is 0 Å². The molecule has 34 heteroatoms. The molecule has 4 radical (unpaired) electrons. The SMILES string of the molecule is O=C([O-])CN(CCN(CC(=O)[O-])CC(=O)[O-])CC(=O)[O-].O=C([O-])CN(CCN(CC(=O)[O-])CC(=O)[O-])CC(=O)[O-].O=C([O-])CN(CCN(CC(=O)[O-])CC(=O)[O-])CC(=O)[O-].[Ti+3].[Ti+3].[Ti+3].[Ti+3]. The largest absolute Gasteiger partial charge is 3.00 e. The molecule has 0 heterocycles. The molecule has 346 valence electrons. The van der Waals surface area contributed by atoms with Crippen LogP contribution in [0, 0.1) is 0 Å². The summed E-state index contributed by atoms with van der Waals surface area (Å²) in [5.74, 6) is -18.4. The Morgan fingerprint density at radius 3 is 0.297 bits per heavy atom. The number of carbonyl (C=O) groups is 12. The first-order chi connectivity index (χ1) is 27.6. The first kappa shape index (κ1) is 74.6. The van der Waals surface area contributed by atoms with Gasteiger partial charge in [0.25, 0.3) is 0 Å². The minimum absolute atomic E-state index is 0. The van der Waals surface area contributed by atoms with Gasteiger partial charge in [-0.2, -0.15) is 0 Å². The molecular formula is C30H36N6O24Ti4. The first-order valence-corrected chi connectivity index (χ1v) is 16.3. The van der Waals surface area contributed by atoms with E-state index in [9.17, 15) is 119 Å². The van der Waals surface area contributed by atoms with Crippen molar-refractivity contribution in [2.45, 2.75) is 0 Å². The van der Waals surface area contributed by atoms with Gasteiger partial charge >= 0.3 is 86.9 Å². The van der Waals surface area contributed by atoms with Crippen LogP contribution in [-0.4, -0.2) is 219 Å². The van der Waals surface area contributed by atoms with Gasteiger partial charge < -0.3 is 119 Å². The number of carboxylic acid groups (broad SMARTS) is 12. The summed E-state index contributed by atoms with van der Waals surface area (Å²) in [5.41, 5.74) is 0. The number of rotatable bonds is 33. The van der Waals surface area contributed by atoms with Gasteiger partial charge in [-0.05, 0) is 0 Å². The number of nitrogens with zero attached hydrogens (tertiary/aromatic N) is 6. The molecule has 0 unspecified atom stereocenters. The maximum atomic E-state index is 10.4. The summed E-state index contributed by atoms with van der Waals surface area (Å²) >= 11 is 0. The molecule has 0 N–H and O–H groups in total. The first-order valence-electron chi connectivity index (χ1n) is 16.3. The van der Waals surface area contributed by atoms with E-state index in [1.165, 1.54) is 0 Å². The molecule has 0 aliphatic rings. The van der Waals surface area contributed by atoms with Gasteiger partial charge in [0.2, 0.25) is 0 Å². The number of carbonyl (C=O) groups excluding carboxylic acids is 12. The summed E-state index contributed by atoms with van der Waals surface area (Å²) < 4.78 is 0. The molecule has 0 bridgehead atoms. The molecular weight excluding hydrogens is 1020 g/mol. The van der Waals surface area contributed by atoms with Crippen LogP contribution in [0.3, 0.4) is 0 Å². The van der Waals surface area contributed by atoms with E-state index in [1.807, 2.05) is 0 Å². The fourth-order valence-electron chi connectivity index (χ4n) is 4.32. The third-order valence-corrected chi connectivity index (χ3v) is 6.43. The Kier molecular flexibility index (Phi) is 50.3. The molecule has 0 aromatic heterocycles. The number of hydrogen-bond donors (Lipinski definition) is 0. The fraction of sp³-hybridized carbons (Fsp3) is 0.600. The Morgan fingerprint density at radius 2 is 0.250 bits per heavy atom. The topological polar surface area (TPSA) is 501 Å². The Morgan fingerprint density at radius 1 is 0.188 bits per heavy atom. The smallest absolute Gasteiger partial charge is 0.549 e. The number of carboxylic acids is 12. The van der Waals surface area contributed by atoms with Gasteiger partial charge in [0.1, 0.15) is 0 Å². The number of aliphatic carboxylic acids is 12. The molecule has 0 spiro atoms. The molecule has 0 aliphatic heterocycles. The third-order valence-electron chi connectivity index (χ3n) is 6.43. The molecule has 30 nitrogen and oxygen atoms in total. The molecule has 0 atom stereocenters. The van der Waals surface area contributed by atoms with Crippen LogP contribution in [0.2, 0.25) is 0 Å². The summed E-state index contributed by atoms with van der Waals surface area (Å²) in [6.45, 7) is -9.75. The van der Waals surface area contributed by atoms with Crippen LogP contribution in [0.15, 0.2) is 0 Å². The Labute approximate surface area is 421 Å². The van der Waals surface area contributed by atoms with Crippen LogP contribution in [0.5, 0.6) is 0 Å². The minimum atomic E-state index is -1.53. The van der Waals surface area contributed by atoms with Crippen molar-refractivity contribution in [3.05, 3.63) is 0 Å². The molecule has 0 saturated heterocycles. The summed E-state index contributed by atoms with van der Waals surface area (Å²) in [6.07, 6.45) is 0. The second kappa shape index (κ2) is 43.2. The van der Waals surface area contributed by atoms with Crippen LogP contribution < -0.4 is 61.3 Å². The van der Waals surface area contributed by atoms with E-state index < -0.39 is 150 Å². The van der Waals surface area contributed by atoms with Crippen molar-refractivity contribution in [2.75, 3.05) is 118 Å². The summed E-state index contributed by atoms with van der Waals surface area (Å²) in [7, 11) is 0. The van der Waals surface area contributed by atoms with E-state index >= 15 is 0 Å². The second-order valence-electron chi connectivity index (χ2n) is 11.7. The summed E-state index contributed by atoms with van der Waals surface area (Å²) in [4.78, 5) is 130. The molecule has 0 aromatic carbocycles. The average Bonchev–Trinajstić information content (AvgIpc) is 3.02. The Balaban J connectivity index is -0.000000148. The van der Waals surface area contributed by atoms with Gasteiger partial charge in [-0.1, -0.05) is 0 Å². The van der Waals surface area contributed by atoms with Crippen LogP contribution in [-0.2, 0) is 144 Å². The van der Waals surface area contributed by atoms with Crippen molar-refractivity contribution >= 4 is 71.6 Å². The van der Waals surface area contributed by atoms with E-state index in [2.05, 4.69) is 0 Å². The maximum Gasteiger partial charge on any atom is 3.00 e. The van der Waals surface area contributed by atoms with E-state index in [-0.39, 0.29) is 126 Å². The van der Waals surface area contributed by atoms with Gasteiger partial charge in [0, 0.05) is 118 Å². The van der Waals surface area contributed by atoms with E-state index in [0.29, 0.717) is 0 Å². The summed E-state index contributed by atoms with van der Waals surface area (Å²) in [5, 5.41) is 125. The monoisotopic (exact) mass is 1060 g/mol. The van der Waals surface area contributed by atoms with Gasteiger partial charge in [-0.3, -0.25) is 29.4 Å². The van der Waals surface area contributed by atoms with E-state index in [1.54, 1.807) is 0 Å². The molecule has 0 aromatic rings. The van der Waals surface area contributed by atoms with Gasteiger partial charge in [0.15, 0.2) is 0 Å². The zero-order chi connectivity index (χ0) is 47.1. The van der Waals surface area contributed by atoms with Crippen molar-refractivity contribution in [2.24, 2.45) is 0 Å². The van der Waals surface area contributed by atoms with E-state index in [0.717, 1.165) is 29.4 Å². The Hall–Kier alpha value is -3.74. The van der Waals surface area contributed by atoms with Crippen LogP contribution in [0.4, 0.5) is 0 Å². The summed E-state index contributed by atoms with van der Waals surface area (Å²) in [6, 6.07) is 0. The molecule has 0 rings (SSSR count). The van der Waals surface area contributed by atoms with Crippen molar-refractivity contribution in [1.82, 2.24) is 29.4 Å². The second-order valence-corrected chi connectivity index (χ2v) is 11.7. The van der Waals surface area contributed by atoms with Crippen molar-refractivity contribution in [3.8, 4) is 0 Å². The molecule has 0 aliphatic carbocycles. The van der Waals surface area contributed by atoms with Crippen LogP contribution in [0.25, 0.3) is 0 Å². The van der Waals surface area contributed by atoms with Crippen molar-refractivity contribution in [1.29, 1.82) is 0 Å². The third kappa shape index (κ3) is 54.4. The number of hydrogen-bond acceptors (Lipinski definition) is 30. The maximum absolute atomic E-state index is 10.4. The quantitative estimate of drug-likeness (QED) is 0.0551. The average molecular weight is 1060 g/mol. The molecule has 64 heavy (non-hydrogen) atoms. The predicted molar refractivity (Wildman–Crippen MR) is 159 cm³/mol. The minimum Gasteiger partial charge on any atom is -0.549 e. The van der Waals surface area contributed by atoms with Gasteiger partial charge in [-0.25, -0.2) is 0 Å². The van der Waals surface area contributed by atoms with Gasteiger partial charge in [0.05, 0.1) is 71.6 Å². The van der Waals surface area contributed by atoms with Crippen LogP contribution >= 0.6 is 0 Å². The zero-order valence-corrected chi connectivity index (χ0v) is 39.5. The molecule has 0 saturated carbocycles. The standard InChI is InChI=1S/3C10H16N2O8.4Ti/c3*13-7(14)3-11(4-8(15)16)1-2-12(5-9(17)18)6-10(19)20;;;;/h3*1-6H2,(H,13,14)(H,15,16)(H,17,18)(H,19,20);;;;/q;;;4*+3/p-12. The van der Waals surface area contributed by atoms with Gasteiger partial charge in [-0.15, -0.1) is 0 Å². The normalized spacial score (nSPS) is 10.0. The molecule has 0 amide bonds. The van der Waals surface area contributed by atoms with E-state index in [4.69, 9.17) is 0 Å². The van der Waals surface area contributed by atoms with Crippen molar-refractivity contribution < 1.29 is 206 Å².